The summed E-state index contributed by atoms with van der Waals surface area (Å²) in [6, 6.07) is 2.64. The van der Waals surface area contributed by atoms with E-state index in [1.54, 1.807) is 0 Å². The van der Waals surface area contributed by atoms with Crippen molar-refractivity contribution in [3.8, 4) is 0 Å². The van der Waals surface area contributed by atoms with Crippen molar-refractivity contribution in [2.75, 3.05) is 0 Å². The Kier molecular flexibility index (Phi) is 3.58. The van der Waals surface area contributed by atoms with Crippen molar-refractivity contribution in [1.29, 1.82) is 0 Å². The Balaban J connectivity index is 1.49. The lowest BCUT2D eigenvalue weighted by atomic mass is 9.48. The van der Waals surface area contributed by atoms with Crippen LogP contribution in [0.3, 0.4) is 0 Å². The molecule has 1 aromatic rings. The Morgan fingerprint density at radius 3 is 2.21 bits per heavy atom. The molecule has 5 rings (SSSR count). The van der Waals surface area contributed by atoms with Crippen LogP contribution in [0.4, 0.5) is 0 Å². The van der Waals surface area contributed by atoms with Crippen LogP contribution in [-0.4, -0.2) is 20.4 Å². The van der Waals surface area contributed by atoms with E-state index in [1.807, 2.05) is 0 Å². The Labute approximate surface area is 142 Å². The van der Waals surface area contributed by atoms with Gasteiger partial charge in [-0.1, -0.05) is 0 Å². The Morgan fingerprint density at radius 2 is 1.75 bits per heavy atom. The number of carbonyl (C=O) groups is 1. The van der Waals surface area contributed by atoms with Crippen molar-refractivity contribution >= 4 is 15.9 Å². The molecule has 0 radical (unpaired) electrons. The summed E-state index contributed by atoms with van der Waals surface area (Å²) < 4.78 is 27.6. The number of hydrogen-bond acceptors (Lipinski definition) is 4. The summed E-state index contributed by atoms with van der Waals surface area (Å²) in [5, 5.41) is 7.69. The van der Waals surface area contributed by atoms with E-state index in [2.05, 4.69) is 12.2 Å². The SMILES string of the molecule is CC(NC(=O)c1ccc(S(N)(=O)=O)o1)C12CC3CC(CC(C3)C1)C2. The number of nitrogens with one attached hydrogen (secondary N) is 1. The highest BCUT2D eigenvalue weighted by atomic mass is 32.2. The number of amides is 1. The van der Waals surface area contributed by atoms with Gasteiger partial charge in [-0.2, -0.15) is 0 Å². The van der Waals surface area contributed by atoms with E-state index in [4.69, 9.17) is 9.56 Å². The predicted octanol–water partition coefficient (Wildman–Crippen LogP) is 2.26. The highest BCUT2D eigenvalue weighted by Gasteiger charge is 2.53. The normalized spacial score (nSPS) is 35.8. The van der Waals surface area contributed by atoms with Gasteiger partial charge in [-0.05, 0) is 80.8 Å². The molecular formula is C17H24N2O4S. The monoisotopic (exact) mass is 352 g/mol. The highest BCUT2D eigenvalue weighted by Crippen LogP contribution is 2.61. The smallest absolute Gasteiger partial charge is 0.287 e. The largest absolute Gasteiger partial charge is 0.438 e. The van der Waals surface area contributed by atoms with Gasteiger partial charge < -0.3 is 9.73 Å². The lowest BCUT2D eigenvalue weighted by Gasteiger charge is -2.59. The average molecular weight is 352 g/mol. The number of nitrogens with two attached hydrogens (primary N) is 1. The lowest BCUT2D eigenvalue weighted by molar-refractivity contribution is -0.0689. The molecule has 1 atom stereocenters. The molecule has 4 saturated carbocycles. The second-order valence-electron chi connectivity index (χ2n) is 8.14. The Morgan fingerprint density at radius 1 is 1.21 bits per heavy atom. The molecule has 1 aromatic heterocycles. The number of rotatable bonds is 4. The number of sulfonamides is 1. The summed E-state index contributed by atoms with van der Waals surface area (Å²) in [6.45, 7) is 2.08. The van der Waals surface area contributed by atoms with Crippen LogP contribution in [0.5, 0.6) is 0 Å². The van der Waals surface area contributed by atoms with Gasteiger partial charge in [-0.3, -0.25) is 4.79 Å². The summed E-state index contributed by atoms with van der Waals surface area (Å²) >= 11 is 0. The summed E-state index contributed by atoms with van der Waals surface area (Å²) in [5.74, 6) is 2.07. The minimum Gasteiger partial charge on any atom is -0.438 e. The summed E-state index contributed by atoms with van der Waals surface area (Å²) in [4.78, 5) is 12.4. The quantitative estimate of drug-likeness (QED) is 0.867. The number of hydrogen-bond donors (Lipinski definition) is 2. The molecule has 24 heavy (non-hydrogen) atoms. The maximum absolute atomic E-state index is 12.4. The molecule has 4 fully saturated rings. The molecule has 0 saturated heterocycles. The zero-order chi connectivity index (χ0) is 17.1. The third-order valence-corrected chi connectivity index (χ3v) is 7.22. The fourth-order valence-corrected chi connectivity index (χ4v) is 6.19. The van der Waals surface area contributed by atoms with Crippen LogP contribution in [-0.2, 0) is 10.0 Å². The third-order valence-electron chi connectivity index (χ3n) is 6.44. The van der Waals surface area contributed by atoms with E-state index in [1.165, 1.54) is 50.7 Å². The van der Waals surface area contributed by atoms with Gasteiger partial charge in [0, 0.05) is 6.04 Å². The van der Waals surface area contributed by atoms with E-state index >= 15 is 0 Å². The molecular weight excluding hydrogens is 328 g/mol. The standard InChI is InChI=1S/C17H24N2O4S/c1-10(17-7-11-4-12(8-17)6-13(5-11)9-17)19-16(20)14-2-3-15(23-14)24(18,21)22/h2-3,10-13H,4-9H2,1H3,(H,19,20)(H2,18,21,22). The van der Waals surface area contributed by atoms with Gasteiger partial charge in [0.25, 0.3) is 15.9 Å². The van der Waals surface area contributed by atoms with Gasteiger partial charge >= 0.3 is 0 Å². The van der Waals surface area contributed by atoms with Crippen LogP contribution >= 0.6 is 0 Å². The first-order valence-corrected chi connectivity index (χ1v) is 10.2. The van der Waals surface area contributed by atoms with Crippen LogP contribution < -0.4 is 10.5 Å². The zero-order valence-electron chi connectivity index (χ0n) is 13.8. The fraction of sp³-hybridized carbons (Fsp3) is 0.706. The van der Waals surface area contributed by atoms with Gasteiger partial charge in [0.1, 0.15) is 0 Å². The van der Waals surface area contributed by atoms with Gasteiger partial charge in [0.05, 0.1) is 0 Å². The van der Waals surface area contributed by atoms with E-state index in [-0.39, 0.29) is 28.2 Å². The average Bonchev–Trinajstić information content (AvgIpc) is 2.95. The second-order valence-corrected chi connectivity index (χ2v) is 9.63. The van der Waals surface area contributed by atoms with Gasteiger partial charge in [0.2, 0.25) is 5.09 Å². The number of primary sulfonamides is 1. The first-order chi connectivity index (χ1) is 11.2. The molecule has 4 bridgehead atoms. The maximum atomic E-state index is 12.4. The first-order valence-electron chi connectivity index (χ1n) is 8.69. The topological polar surface area (TPSA) is 102 Å². The van der Waals surface area contributed by atoms with Crippen molar-refractivity contribution in [3.63, 3.8) is 0 Å². The molecule has 132 valence electrons. The maximum Gasteiger partial charge on any atom is 0.287 e. The van der Waals surface area contributed by atoms with E-state index < -0.39 is 10.0 Å². The highest BCUT2D eigenvalue weighted by molar-refractivity contribution is 7.89. The molecule has 1 unspecified atom stereocenters. The number of carbonyl (C=O) groups excluding carboxylic acids is 1. The minimum absolute atomic E-state index is 0.00407. The van der Waals surface area contributed by atoms with Crippen molar-refractivity contribution in [3.05, 3.63) is 17.9 Å². The molecule has 0 spiro atoms. The van der Waals surface area contributed by atoms with Crippen LogP contribution in [0, 0.1) is 23.2 Å². The molecule has 0 aliphatic heterocycles. The van der Waals surface area contributed by atoms with E-state index in [0.717, 1.165) is 17.8 Å². The van der Waals surface area contributed by atoms with Crippen molar-refractivity contribution in [1.82, 2.24) is 5.32 Å². The predicted molar refractivity (Wildman–Crippen MR) is 87.6 cm³/mol. The lowest BCUT2D eigenvalue weighted by Crippen LogP contribution is -2.55. The Hall–Kier alpha value is -1.34. The molecule has 3 N–H and O–H groups in total. The van der Waals surface area contributed by atoms with Crippen LogP contribution in [0.1, 0.15) is 56.0 Å². The summed E-state index contributed by atoms with van der Waals surface area (Å²) in [7, 11) is -3.93. The molecule has 4 aliphatic rings. The van der Waals surface area contributed by atoms with E-state index in [9.17, 15) is 13.2 Å². The van der Waals surface area contributed by atoms with Crippen LogP contribution in [0.25, 0.3) is 0 Å². The summed E-state index contributed by atoms with van der Waals surface area (Å²) in [6.07, 6.45) is 7.66. The molecule has 0 aromatic carbocycles. The number of furan rings is 1. The van der Waals surface area contributed by atoms with Crippen molar-refractivity contribution in [2.45, 2.75) is 56.6 Å². The van der Waals surface area contributed by atoms with Crippen molar-refractivity contribution < 1.29 is 17.6 Å². The van der Waals surface area contributed by atoms with E-state index in [0.29, 0.717) is 0 Å². The minimum atomic E-state index is -3.93. The molecule has 6 nitrogen and oxygen atoms in total. The fourth-order valence-electron chi connectivity index (χ4n) is 5.72. The van der Waals surface area contributed by atoms with Crippen LogP contribution in [0.2, 0.25) is 0 Å². The molecule has 1 heterocycles. The van der Waals surface area contributed by atoms with Gasteiger partial charge in [-0.25, -0.2) is 13.6 Å². The first kappa shape index (κ1) is 16.1. The summed E-state index contributed by atoms with van der Waals surface area (Å²) in [5.41, 5.74) is 0.194. The van der Waals surface area contributed by atoms with Crippen molar-refractivity contribution in [2.24, 2.45) is 28.3 Å². The van der Waals surface area contributed by atoms with Crippen LogP contribution in [0.15, 0.2) is 21.6 Å². The molecule has 7 heteroatoms. The Bertz CT molecular complexity index is 732. The third kappa shape index (κ3) is 2.67. The zero-order valence-corrected chi connectivity index (χ0v) is 14.6. The van der Waals surface area contributed by atoms with Gasteiger partial charge in [0.15, 0.2) is 5.76 Å². The second kappa shape index (κ2) is 5.33. The molecule has 1 amide bonds. The van der Waals surface area contributed by atoms with Gasteiger partial charge in [-0.15, -0.1) is 0 Å². The molecule has 4 aliphatic carbocycles.